The van der Waals surface area contributed by atoms with Gasteiger partial charge in [0.05, 0.1) is 17.2 Å². The highest BCUT2D eigenvalue weighted by atomic mass is 32.2. The lowest BCUT2D eigenvalue weighted by Gasteiger charge is -2.06. The number of rotatable bonds is 6. The van der Waals surface area contributed by atoms with E-state index in [1.165, 1.54) is 12.1 Å². The fraction of sp³-hybridized carbons (Fsp3) is 0.250. The molecule has 0 aliphatic heterocycles. The van der Waals surface area contributed by atoms with Gasteiger partial charge in [-0.25, -0.2) is 0 Å². The van der Waals surface area contributed by atoms with Crippen molar-refractivity contribution in [1.82, 2.24) is 9.78 Å². The zero-order valence-electron chi connectivity index (χ0n) is 10.9. The Hall–Kier alpha value is -2.26. The van der Waals surface area contributed by atoms with Crippen LogP contribution in [0.3, 0.4) is 0 Å². The summed E-state index contributed by atoms with van der Waals surface area (Å²) in [5.41, 5.74) is 0.783. The first-order valence-electron chi connectivity index (χ1n) is 6.04. The third kappa shape index (κ3) is 4.36. The maximum atomic E-state index is 11.1. The topological polar surface area (TPSA) is 115 Å². The van der Waals surface area contributed by atoms with Crippen LogP contribution in [0.15, 0.2) is 36.7 Å². The fourth-order valence-corrected chi connectivity index (χ4v) is 2.39. The minimum Gasteiger partial charge on any atom is -0.286 e. The summed E-state index contributed by atoms with van der Waals surface area (Å²) in [6.45, 7) is 0.381. The number of nitrogens with zero attached hydrogens (tertiary/aromatic N) is 3. The van der Waals surface area contributed by atoms with Crippen molar-refractivity contribution >= 4 is 15.8 Å². The minimum atomic E-state index is -4.15. The summed E-state index contributed by atoms with van der Waals surface area (Å²) in [5, 5.41) is 15.1. The number of aromatic nitrogens is 2. The lowest BCUT2D eigenvalue weighted by molar-refractivity contribution is -0.385. The molecular formula is C12H13N3O5S. The number of nitro benzene ring substituents is 1. The van der Waals surface area contributed by atoms with Crippen LogP contribution >= 0.6 is 0 Å². The number of hydrogen-bond acceptors (Lipinski definition) is 5. The van der Waals surface area contributed by atoms with Crippen molar-refractivity contribution in [2.24, 2.45) is 0 Å². The molecule has 8 nitrogen and oxygen atoms in total. The summed E-state index contributed by atoms with van der Waals surface area (Å²) in [4.78, 5) is 10.5. The van der Waals surface area contributed by atoms with Crippen LogP contribution in [0.4, 0.5) is 5.69 Å². The van der Waals surface area contributed by atoms with Gasteiger partial charge in [0, 0.05) is 24.0 Å². The lowest BCUT2D eigenvalue weighted by Crippen LogP contribution is -2.09. The predicted octanol–water partition coefficient (Wildman–Crippen LogP) is 1.27. The molecule has 1 heterocycles. The second-order valence-electron chi connectivity index (χ2n) is 4.46. The first-order valence-corrected chi connectivity index (χ1v) is 7.65. The summed E-state index contributed by atoms with van der Waals surface area (Å²) >= 11 is 0. The van der Waals surface area contributed by atoms with Crippen molar-refractivity contribution in [3.8, 4) is 0 Å². The molecule has 0 spiro atoms. The van der Waals surface area contributed by atoms with Crippen molar-refractivity contribution in [1.29, 1.82) is 0 Å². The zero-order valence-corrected chi connectivity index (χ0v) is 11.7. The third-order valence-corrected chi connectivity index (χ3v) is 3.60. The van der Waals surface area contributed by atoms with E-state index in [2.05, 4.69) is 5.10 Å². The van der Waals surface area contributed by atoms with Crippen LogP contribution in [0.1, 0.15) is 11.1 Å². The van der Waals surface area contributed by atoms with Crippen LogP contribution in [0.2, 0.25) is 0 Å². The molecule has 0 radical (unpaired) electrons. The van der Waals surface area contributed by atoms with Crippen molar-refractivity contribution in [2.75, 3.05) is 5.75 Å². The standard InChI is InChI=1S/C12H13N3O5S/c16-15(17)12-8-10(9-14-6-1-5-13-14)2-3-11(12)4-7-21(18,19)20/h1-3,5-6,8H,4,7,9H2,(H,18,19,20). The molecule has 0 unspecified atom stereocenters. The molecule has 9 heteroatoms. The molecule has 0 fully saturated rings. The van der Waals surface area contributed by atoms with Crippen LogP contribution in [0.5, 0.6) is 0 Å². The summed E-state index contributed by atoms with van der Waals surface area (Å²) in [5.74, 6) is -0.549. The molecule has 112 valence electrons. The Labute approximate surface area is 120 Å². The summed E-state index contributed by atoms with van der Waals surface area (Å²) < 4.78 is 31.8. The molecule has 1 aromatic heterocycles. The van der Waals surface area contributed by atoms with Gasteiger partial charge in [0.15, 0.2) is 0 Å². The average molecular weight is 311 g/mol. The van der Waals surface area contributed by atoms with Crippen molar-refractivity contribution in [3.05, 3.63) is 57.9 Å². The maximum absolute atomic E-state index is 11.1. The van der Waals surface area contributed by atoms with Gasteiger partial charge in [0.25, 0.3) is 15.8 Å². The maximum Gasteiger partial charge on any atom is 0.272 e. The van der Waals surface area contributed by atoms with E-state index in [9.17, 15) is 18.5 Å². The Bertz CT molecular complexity index is 740. The first kappa shape index (κ1) is 15.1. The van der Waals surface area contributed by atoms with E-state index in [4.69, 9.17) is 4.55 Å². The van der Waals surface area contributed by atoms with E-state index in [0.717, 1.165) is 0 Å². The molecule has 21 heavy (non-hydrogen) atoms. The van der Waals surface area contributed by atoms with Gasteiger partial charge in [0.2, 0.25) is 0 Å². The normalized spacial score (nSPS) is 11.5. The van der Waals surface area contributed by atoms with Crippen molar-refractivity contribution in [2.45, 2.75) is 13.0 Å². The highest BCUT2D eigenvalue weighted by molar-refractivity contribution is 7.85. The Morgan fingerprint density at radius 3 is 2.71 bits per heavy atom. The van der Waals surface area contributed by atoms with E-state index >= 15 is 0 Å². The Morgan fingerprint density at radius 2 is 2.14 bits per heavy atom. The molecule has 0 amide bonds. The number of aryl methyl sites for hydroxylation is 1. The molecule has 0 aliphatic rings. The molecule has 0 aliphatic carbocycles. The van der Waals surface area contributed by atoms with Crippen LogP contribution in [0.25, 0.3) is 0 Å². The van der Waals surface area contributed by atoms with Crippen molar-refractivity contribution in [3.63, 3.8) is 0 Å². The first-order chi connectivity index (χ1) is 9.85. The Balaban J connectivity index is 2.24. The molecular weight excluding hydrogens is 298 g/mol. The molecule has 0 atom stereocenters. The highest BCUT2D eigenvalue weighted by Crippen LogP contribution is 2.22. The number of nitro groups is 1. The zero-order chi connectivity index (χ0) is 15.5. The van der Waals surface area contributed by atoms with Gasteiger partial charge < -0.3 is 0 Å². The van der Waals surface area contributed by atoms with Crippen LogP contribution in [0, 0.1) is 10.1 Å². The van der Waals surface area contributed by atoms with Gasteiger partial charge in [-0.3, -0.25) is 19.3 Å². The van der Waals surface area contributed by atoms with Gasteiger partial charge in [-0.05, 0) is 18.1 Å². The molecule has 2 rings (SSSR count). The number of hydrogen-bond donors (Lipinski definition) is 1. The van der Waals surface area contributed by atoms with E-state index in [1.807, 2.05) is 0 Å². The minimum absolute atomic E-state index is 0.114. The molecule has 0 bridgehead atoms. The fourth-order valence-electron chi connectivity index (χ4n) is 1.91. The summed E-state index contributed by atoms with van der Waals surface area (Å²) in [6.07, 6.45) is 3.23. The summed E-state index contributed by atoms with van der Waals surface area (Å²) in [7, 11) is -4.15. The molecule has 1 N–H and O–H groups in total. The van der Waals surface area contributed by atoms with Crippen molar-refractivity contribution < 1.29 is 17.9 Å². The van der Waals surface area contributed by atoms with Gasteiger partial charge in [-0.15, -0.1) is 0 Å². The largest absolute Gasteiger partial charge is 0.286 e. The molecule has 0 saturated heterocycles. The predicted molar refractivity (Wildman–Crippen MR) is 74.5 cm³/mol. The van der Waals surface area contributed by atoms with E-state index in [-0.39, 0.29) is 17.7 Å². The highest BCUT2D eigenvalue weighted by Gasteiger charge is 2.17. The average Bonchev–Trinajstić information content (AvgIpc) is 2.89. The second-order valence-corrected chi connectivity index (χ2v) is 6.03. The Kier molecular flexibility index (Phi) is 4.34. The number of benzene rings is 1. The van der Waals surface area contributed by atoms with Crippen LogP contribution in [-0.4, -0.2) is 33.4 Å². The van der Waals surface area contributed by atoms with Gasteiger partial charge in [-0.2, -0.15) is 13.5 Å². The quantitative estimate of drug-likeness (QED) is 0.488. The molecule has 2 aromatic rings. The van der Waals surface area contributed by atoms with E-state index in [0.29, 0.717) is 12.1 Å². The van der Waals surface area contributed by atoms with Gasteiger partial charge >= 0.3 is 0 Å². The molecule has 0 saturated carbocycles. The monoisotopic (exact) mass is 311 g/mol. The SMILES string of the molecule is O=[N+]([O-])c1cc(Cn2cccn2)ccc1CCS(=O)(=O)O. The van der Waals surface area contributed by atoms with Crippen LogP contribution < -0.4 is 0 Å². The smallest absolute Gasteiger partial charge is 0.272 e. The van der Waals surface area contributed by atoms with Gasteiger partial charge in [0.1, 0.15) is 0 Å². The lowest BCUT2D eigenvalue weighted by atomic mass is 10.1. The Morgan fingerprint density at radius 1 is 1.38 bits per heavy atom. The van der Waals surface area contributed by atoms with E-state index in [1.54, 1.807) is 29.2 Å². The van der Waals surface area contributed by atoms with Gasteiger partial charge in [-0.1, -0.05) is 12.1 Å². The van der Waals surface area contributed by atoms with E-state index < -0.39 is 20.8 Å². The summed E-state index contributed by atoms with van der Waals surface area (Å²) in [6, 6.07) is 6.31. The van der Waals surface area contributed by atoms with Crippen LogP contribution in [-0.2, 0) is 23.1 Å². The second kappa shape index (κ2) is 6.02. The molecule has 1 aromatic carbocycles. The third-order valence-electron chi connectivity index (χ3n) is 2.88.